The van der Waals surface area contributed by atoms with Crippen LogP contribution in [0.15, 0.2) is 54.9 Å². The summed E-state index contributed by atoms with van der Waals surface area (Å²) in [5, 5.41) is 3.83. The van der Waals surface area contributed by atoms with Gasteiger partial charge in [0.1, 0.15) is 12.5 Å². The Morgan fingerprint density at radius 1 is 1.08 bits per heavy atom. The number of pyridine rings is 1. The van der Waals surface area contributed by atoms with Crippen molar-refractivity contribution in [2.75, 3.05) is 30.1 Å². The van der Waals surface area contributed by atoms with Crippen molar-refractivity contribution in [3.8, 4) is 11.3 Å². The maximum Gasteiger partial charge on any atom is 0.227 e. The second kappa shape index (κ2) is 7.04. The molecule has 1 aliphatic heterocycles. The summed E-state index contributed by atoms with van der Waals surface area (Å²) in [5.41, 5.74) is 2.64. The van der Waals surface area contributed by atoms with Crippen molar-refractivity contribution < 1.29 is 4.74 Å². The minimum absolute atomic E-state index is 0.516. The highest BCUT2D eigenvalue weighted by Crippen LogP contribution is 2.24. The standard InChI is InChI=1S/C18H16ClN5O/c19-14-2-1-3-15(11-14)22-18-21-7-5-16(23-18)13-4-6-20-17(10-13)24-8-9-25-12-24/h1-7,10-11H,8-9,12H2,(H,21,22,23). The highest BCUT2D eigenvalue weighted by molar-refractivity contribution is 6.30. The predicted octanol–water partition coefficient (Wildman–Crippen LogP) is 3.73. The van der Waals surface area contributed by atoms with Gasteiger partial charge >= 0.3 is 0 Å². The first kappa shape index (κ1) is 15.8. The molecule has 2 aromatic heterocycles. The van der Waals surface area contributed by atoms with Crippen LogP contribution in [0.25, 0.3) is 11.3 Å². The zero-order valence-electron chi connectivity index (χ0n) is 13.4. The van der Waals surface area contributed by atoms with E-state index in [9.17, 15) is 0 Å². The van der Waals surface area contributed by atoms with Gasteiger partial charge in [0.15, 0.2) is 0 Å². The fourth-order valence-corrected chi connectivity index (χ4v) is 2.81. The van der Waals surface area contributed by atoms with E-state index in [4.69, 9.17) is 16.3 Å². The minimum atomic E-state index is 0.516. The number of benzene rings is 1. The molecule has 0 saturated carbocycles. The van der Waals surface area contributed by atoms with E-state index >= 15 is 0 Å². The summed E-state index contributed by atoms with van der Waals surface area (Å²) in [6.07, 6.45) is 3.52. The molecule has 1 N–H and O–H groups in total. The molecule has 1 saturated heterocycles. The van der Waals surface area contributed by atoms with Crippen molar-refractivity contribution in [3.63, 3.8) is 0 Å². The average Bonchev–Trinajstić information content (AvgIpc) is 3.17. The van der Waals surface area contributed by atoms with Gasteiger partial charge in [0.25, 0.3) is 0 Å². The third kappa shape index (κ3) is 3.70. The fraction of sp³-hybridized carbons (Fsp3) is 0.167. The first-order valence-corrected chi connectivity index (χ1v) is 8.30. The number of ether oxygens (including phenoxy) is 1. The van der Waals surface area contributed by atoms with Gasteiger partial charge in [0, 0.05) is 35.2 Å². The topological polar surface area (TPSA) is 63.2 Å². The maximum atomic E-state index is 6.02. The van der Waals surface area contributed by atoms with Crippen LogP contribution in [0.3, 0.4) is 0 Å². The van der Waals surface area contributed by atoms with Gasteiger partial charge in [-0.3, -0.25) is 0 Å². The third-order valence-electron chi connectivity index (χ3n) is 3.85. The number of anilines is 3. The van der Waals surface area contributed by atoms with Crippen LogP contribution in [0.1, 0.15) is 0 Å². The largest absolute Gasteiger partial charge is 0.359 e. The number of nitrogens with zero attached hydrogens (tertiary/aromatic N) is 4. The van der Waals surface area contributed by atoms with Gasteiger partial charge in [0.05, 0.1) is 12.3 Å². The number of rotatable bonds is 4. The lowest BCUT2D eigenvalue weighted by molar-refractivity contribution is 0.201. The first-order chi connectivity index (χ1) is 12.3. The van der Waals surface area contributed by atoms with E-state index in [0.29, 0.717) is 17.7 Å². The van der Waals surface area contributed by atoms with E-state index in [1.54, 1.807) is 12.4 Å². The summed E-state index contributed by atoms with van der Waals surface area (Å²) in [7, 11) is 0. The molecular weight excluding hydrogens is 338 g/mol. The molecule has 7 heteroatoms. The Morgan fingerprint density at radius 3 is 2.84 bits per heavy atom. The van der Waals surface area contributed by atoms with Gasteiger partial charge in [-0.25, -0.2) is 15.0 Å². The smallest absolute Gasteiger partial charge is 0.227 e. The Kier molecular flexibility index (Phi) is 4.45. The quantitative estimate of drug-likeness (QED) is 0.771. The minimum Gasteiger partial charge on any atom is -0.359 e. The van der Waals surface area contributed by atoms with Crippen LogP contribution in [0, 0.1) is 0 Å². The highest BCUT2D eigenvalue weighted by Gasteiger charge is 2.14. The van der Waals surface area contributed by atoms with Crippen LogP contribution in [-0.2, 0) is 4.74 Å². The van der Waals surface area contributed by atoms with E-state index in [-0.39, 0.29) is 0 Å². The molecule has 1 aliphatic rings. The maximum absolute atomic E-state index is 6.02. The lowest BCUT2D eigenvalue weighted by Gasteiger charge is -2.15. The Balaban J connectivity index is 1.60. The molecule has 126 valence electrons. The molecule has 4 rings (SSSR count). The normalized spacial score (nSPS) is 13.9. The monoisotopic (exact) mass is 353 g/mol. The molecule has 25 heavy (non-hydrogen) atoms. The fourth-order valence-electron chi connectivity index (χ4n) is 2.62. The molecular formula is C18H16ClN5O. The Labute approximate surface area is 150 Å². The number of hydrogen-bond donors (Lipinski definition) is 1. The summed E-state index contributed by atoms with van der Waals surface area (Å²) < 4.78 is 5.39. The molecule has 0 bridgehead atoms. The van der Waals surface area contributed by atoms with Crippen LogP contribution in [-0.4, -0.2) is 34.8 Å². The summed E-state index contributed by atoms with van der Waals surface area (Å²) in [4.78, 5) is 15.4. The molecule has 0 aliphatic carbocycles. The molecule has 0 radical (unpaired) electrons. The summed E-state index contributed by atoms with van der Waals surface area (Å²) in [6, 6.07) is 13.3. The van der Waals surface area contributed by atoms with Crippen molar-refractivity contribution >= 4 is 29.1 Å². The number of nitrogens with one attached hydrogen (secondary N) is 1. The second-order valence-electron chi connectivity index (χ2n) is 5.60. The van der Waals surface area contributed by atoms with Gasteiger partial charge in [-0.2, -0.15) is 0 Å². The van der Waals surface area contributed by atoms with Crippen LogP contribution >= 0.6 is 11.6 Å². The van der Waals surface area contributed by atoms with Crippen LogP contribution in [0.4, 0.5) is 17.5 Å². The van der Waals surface area contributed by atoms with E-state index in [0.717, 1.165) is 35.9 Å². The molecule has 3 aromatic rings. The van der Waals surface area contributed by atoms with E-state index < -0.39 is 0 Å². The number of halogens is 1. The van der Waals surface area contributed by atoms with Crippen molar-refractivity contribution in [2.45, 2.75) is 0 Å². The highest BCUT2D eigenvalue weighted by atomic mass is 35.5. The van der Waals surface area contributed by atoms with Gasteiger partial charge in [-0.15, -0.1) is 0 Å². The Morgan fingerprint density at radius 2 is 2.00 bits per heavy atom. The lowest BCUT2D eigenvalue weighted by atomic mass is 10.2. The van der Waals surface area contributed by atoms with Crippen LogP contribution in [0.2, 0.25) is 5.02 Å². The van der Waals surface area contributed by atoms with Gasteiger partial charge in [-0.1, -0.05) is 17.7 Å². The van der Waals surface area contributed by atoms with Gasteiger partial charge in [-0.05, 0) is 36.4 Å². The number of aromatic nitrogens is 3. The molecule has 0 amide bonds. The van der Waals surface area contributed by atoms with Gasteiger partial charge in [0.2, 0.25) is 5.95 Å². The molecule has 6 nitrogen and oxygen atoms in total. The van der Waals surface area contributed by atoms with Crippen molar-refractivity contribution in [1.82, 2.24) is 15.0 Å². The molecule has 3 heterocycles. The third-order valence-corrected chi connectivity index (χ3v) is 4.09. The van der Waals surface area contributed by atoms with E-state index in [1.165, 1.54) is 0 Å². The SMILES string of the molecule is Clc1cccc(Nc2nccc(-c3ccnc(N4CCOC4)c3)n2)c1. The van der Waals surface area contributed by atoms with Crippen molar-refractivity contribution in [1.29, 1.82) is 0 Å². The summed E-state index contributed by atoms with van der Waals surface area (Å²) in [6.45, 7) is 2.15. The first-order valence-electron chi connectivity index (χ1n) is 7.93. The molecule has 0 atom stereocenters. The Hall–Kier alpha value is -2.70. The van der Waals surface area contributed by atoms with Gasteiger partial charge < -0.3 is 15.0 Å². The van der Waals surface area contributed by atoms with Crippen LogP contribution < -0.4 is 10.2 Å². The number of hydrogen-bond acceptors (Lipinski definition) is 6. The predicted molar refractivity (Wildman–Crippen MR) is 98.2 cm³/mol. The molecule has 0 spiro atoms. The Bertz CT molecular complexity index is 883. The van der Waals surface area contributed by atoms with E-state index in [2.05, 4.69) is 25.2 Å². The molecule has 1 fully saturated rings. The van der Waals surface area contributed by atoms with E-state index in [1.807, 2.05) is 42.5 Å². The summed E-state index contributed by atoms with van der Waals surface area (Å²) >= 11 is 6.02. The zero-order chi connectivity index (χ0) is 17.1. The zero-order valence-corrected chi connectivity index (χ0v) is 14.1. The van der Waals surface area contributed by atoms with Crippen molar-refractivity contribution in [2.24, 2.45) is 0 Å². The molecule has 0 unspecified atom stereocenters. The van der Waals surface area contributed by atoms with Crippen molar-refractivity contribution in [3.05, 3.63) is 59.9 Å². The second-order valence-corrected chi connectivity index (χ2v) is 6.04. The van der Waals surface area contributed by atoms with Crippen LogP contribution in [0.5, 0.6) is 0 Å². The average molecular weight is 354 g/mol. The molecule has 1 aromatic carbocycles. The summed E-state index contributed by atoms with van der Waals surface area (Å²) in [5.74, 6) is 1.40. The lowest BCUT2D eigenvalue weighted by Crippen LogP contribution is -2.19.